The van der Waals surface area contributed by atoms with Gasteiger partial charge in [0.15, 0.2) is 0 Å². The van der Waals surface area contributed by atoms with Gasteiger partial charge in [0.05, 0.1) is 18.0 Å². The third-order valence-electron chi connectivity index (χ3n) is 3.75. The van der Waals surface area contributed by atoms with Gasteiger partial charge in [-0.15, -0.1) is 0 Å². The SMILES string of the molecule is Nc1ccc(NC(=O)c2cccc(OC3CCCC3)c2)cn1. The van der Waals surface area contributed by atoms with Crippen LogP contribution in [0.3, 0.4) is 0 Å². The number of hydrogen-bond donors (Lipinski definition) is 2. The fourth-order valence-corrected chi connectivity index (χ4v) is 2.59. The van der Waals surface area contributed by atoms with E-state index in [0.29, 0.717) is 17.1 Å². The summed E-state index contributed by atoms with van der Waals surface area (Å²) in [5.41, 5.74) is 6.70. The van der Waals surface area contributed by atoms with Crippen molar-refractivity contribution in [2.75, 3.05) is 11.1 Å². The van der Waals surface area contributed by atoms with Crippen LogP contribution in [0.25, 0.3) is 0 Å². The van der Waals surface area contributed by atoms with E-state index in [-0.39, 0.29) is 12.0 Å². The van der Waals surface area contributed by atoms with Crippen molar-refractivity contribution in [2.24, 2.45) is 0 Å². The van der Waals surface area contributed by atoms with E-state index in [1.807, 2.05) is 12.1 Å². The highest BCUT2D eigenvalue weighted by Gasteiger charge is 2.17. The number of nitrogens with one attached hydrogen (secondary N) is 1. The summed E-state index contributed by atoms with van der Waals surface area (Å²) in [6.45, 7) is 0. The molecule has 3 rings (SSSR count). The molecule has 1 saturated carbocycles. The van der Waals surface area contributed by atoms with E-state index >= 15 is 0 Å². The van der Waals surface area contributed by atoms with Gasteiger partial charge in [-0.2, -0.15) is 0 Å². The summed E-state index contributed by atoms with van der Waals surface area (Å²) in [4.78, 5) is 16.2. The molecule has 0 spiro atoms. The predicted molar refractivity (Wildman–Crippen MR) is 85.9 cm³/mol. The molecule has 1 aliphatic rings. The summed E-state index contributed by atoms with van der Waals surface area (Å²) in [6, 6.07) is 10.6. The summed E-state index contributed by atoms with van der Waals surface area (Å²) < 4.78 is 5.92. The Bertz CT molecular complexity index is 649. The first-order valence-corrected chi connectivity index (χ1v) is 7.50. The highest BCUT2D eigenvalue weighted by molar-refractivity contribution is 6.04. The van der Waals surface area contributed by atoms with Gasteiger partial charge in [0.2, 0.25) is 0 Å². The van der Waals surface area contributed by atoms with E-state index in [9.17, 15) is 4.79 Å². The first kappa shape index (κ1) is 14.4. The van der Waals surface area contributed by atoms with E-state index in [1.54, 1.807) is 24.3 Å². The molecule has 3 N–H and O–H groups in total. The Balaban J connectivity index is 1.67. The number of nitrogens with two attached hydrogens (primary N) is 1. The number of amides is 1. The van der Waals surface area contributed by atoms with Gasteiger partial charge in [0.1, 0.15) is 11.6 Å². The lowest BCUT2D eigenvalue weighted by atomic mass is 10.2. The third-order valence-corrected chi connectivity index (χ3v) is 3.75. The Morgan fingerprint density at radius 1 is 1.23 bits per heavy atom. The van der Waals surface area contributed by atoms with Gasteiger partial charge in [0.25, 0.3) is 5.91 Å². The van der Waals surface area contributed by atoms with Gasteiger partial charge in [-0.25, -0.2) is 4.98 Å². The molecule has 0 saturated heterocycles. The van der Waals surface area contributed by atoms with E-state index in [4.69, 9.17) is 10.5 Å². The van der Waals surface area contributed by atoms with Crippen molar-refractivity contribution in [1.82, 2.24) is 4.98 Å². The lowest BCUT2D eigenvalue weighted by Gasteiger charge is -2.13. The van der Waals surface area contributed by atoms with Crippen LogP contribution < -0.4 is 15.8 Å². The maximum atomic E-state index is 12.3. The van der Waals surface area contributed by atoms with Crippen LogP contribution in [-0.2, 0) is 0 Å². The van der Waals surface area contributed by atoms with Crippen LogP contribution in [0.4, 0.5) is 11.5 Å². The van der Waals surface area contributed by atoms with Gasteiger partial charge in [-0.3, -0.25) is 4.79 Å². The van der Waals surface area contributed by atoms with Crippen LogP contribution in [0.15, 0.2) is 42.6 Å². The molecule has 22 heavy (non-hydrogen) atoms. The first-order valence-electron chi connectivity index (χ1n) is 7.50. The Labute approximate surface area is 129 Å². The molecule has 1 aromatic carbocycles. The van der Waals surface area contributed by atoms with E-state index in [2.05, 4.69) is 10.3 Å². The number of benzene rings is 1. The maximum Gasteiger partial charge on any atom is 0.255 e. The quantitative estimate of drug-likeness (QED) is 0.908. The predicted octanol–water partition coefficient (Wildman–Crippen LogP) is 3.24. The normalized spacial score (nSPS) is 14.7. The Morgan fingerprint density at radius 2 is 2.05 bits per heavy atom. The molecule has 0 radical (unpaired) electrons. The summed E-state index contributed by atoms with van der Waals surface area (Å²) in [5.74, 6) is 0.975. The highest BCUT2D eigenvalue weighted by atomic mass is 16.5. The molecule has 1 aliphatic carbocycles. The molecule has 0 bridgehead atoms. The highest BCUT2D eigenvalue weighted by Crippen LogP contribution is 2.24. The van der Waals surface area contributed by atoms with E-state index in [1.165, 1.54) is 19.0 Å². The zero-order valence-corrected chi connectivity index (χ0v) is 12.3. The zero-order chi connectivity index (χ0) is 15.4. The van der Waals surface area contributed by atoms with E-state index in [0.717, 1.165) is 18.6 Å². The molecule has 0 aliphatic heterocycles. The average Bonchev–Trinajstić information content (AvgIpc) is 3.03. The molecule has 1 heterocycles. The third kappa shape index (κ3) is 3.55. The van der Waals surface area contributed by atoms with Crippen molar-refractivity contribution in [2.45, 2.75) is 31.8 Å². The molecule has 1 fully saturated rings. The standard InChI is InChI=1S/C17H19N3O2/c18-16-9-8-13(11-19-16)20-17(21)12-4-3-7-15(10-12)22-14-5-1-2-6-14/h3-4,7-11,14H,1-2,5-6H2,(H2,18,19)(H,20,21). The van der Waals surface area contributed by atoms with Crippen LogP contribution in [0.1, 0.15) is 36.0 Å². The van der Waals surface area contributed by atoms with Gasteiger partial charge >= 0.3 is 0 Å². The lowest BCUT2D eigenvalue weighted by molar-refractivity contribution is 0.102. The molecule has 0 unspecified atom stereocenters. The van der Waals surface area contributed by atoms with Crippen LogP contribution in [0.2, 0.25) is 0 Å². The van der Waals surface area contributed by atoms with E-state index < -0.39 is 0 Å². The number of hydrogen-bond acceptors (Lipinski definition) is 4. The molecular formula is C17H19N3O2. The number of aromatic nitrogens is 1. The Morgan fingerprint density at radius 3 is 2.77 bits per heavy atom. The van der Waals surface area contributed by atoms with Gasteiger partial charge in [-0.05, 0) is 56.0 Å². The second-order valence-electron chi connectivity index (χ2n) is 5.48. The van der Waals surface area contributed by atoms with Crippen molar-refractivity contribution in [1.29, 1.82) is 0 Å². The average molecular weight is 297 g/mol. The number of ether oxygens (including phenoxy) is 1. The minimum atomic E-state index is -0.191. The van der Waals surface area contributed by atoms with Crippen molar-refractivity contribution >= 4 is 17.4 Å². The summed E-state index contributed by atoms with van der Waals surface area (Å²) in [6.07, 6.45) is 6.43. The molecule has 1 aromatic heterocycles. The second-order valence-corrected chi connectivity index (χ2v) is 5.48. The first-order chi connectivity index (χ1) is 10.7. The van der Waals surface area contributed by atoms with Gasteiger partial charge in [0, 0.05) is 5.56 Å². The minimum absolute atomic E-state index is 0.191. The fraction of sp³-hybridized carbons (Fsp3) is 0.294. The molecule has 5 nitrogen and oxygen atoms in total. The topological polar surface area (TPSA) is 77.2 Å². The van der Waals surface area contributed by atoms with Crippen LogP contribution in [-0.4, -0.2) is 17.0 Å². The number of nitrogens with zero attached hydrogens (tertiary/aromatic N) is 1. The van der Waals surface area contributed by atoms with Crippen molar-refractivity contribution in [3.8, 4) is 5.75 Å². The fourth-order valence-electron chi connectivity index (χ4n) is 2.59. The number of carbonyl (C=O) groups is 1. The van der Waals surface area contributed by atoms with Crippen molar-refractivity contribution in [3.05, 3.63) is 48.2 Å². The number of pyridine rings is 1. The zero-order valence-electron chi connectivity index (χ0n) is 12.3. The Hall–Kier alpha value is -2.56. The lowest BCUT2D eigenvalue weighted by Crippen LogP contribution is -2.14. The molecule has 1 amide bonds. The maximum absolute atomic E-state index is 12.3. The van der Waals surface area contributed by atoms with Crippen molar-refractivity contribution in [3.63, 3.8) is 0 Å². The number of carbonyl (C=O) groups excluding carboxylic acids is 1. The summed E-state index contributed by atoms with van der Waals surface area (Å²) >= 11 is 0. The largest absolute Gasteiger partial charge is 0.490 e. The van der Waals surface area contributed by atoms with Crippen molar-refractivity contribution < 1.29 is 9.53 Å². The number of nitrogen functional groups attached to an aromatic ring is 1. The molecule has 2 aromatic rings. The summed E-state index contributed by atoms with van der Waals surface area (Å²) in [5, 5.41) is 2.79. The second kappa shape index (κ2) is 6.47. The van der Waals surface area contributed by atoms with Gasteiger partial charge in [-0.1, -0.05) is 6.07 Å². The molecule has 0 atom stereocenters. The monoisotopic (exact) mass is 297 g/mol. The minimum Gasteiger partial charge on any atom is -0.490 e. The summed E-state index contributed by atoms with van der Waals surface area (Å²) in [7, 11) is 0. The number of rotatable bonds is 4. The molecular weight excluding hydrogens is 278 g/mol. The molecule has 114 valence electrons. The van der Waals surface area contributed by atoms with Crippen LogP contribution in [0, 0.1) is 0 Å². The smallest absolute Gasteiger partial charge is 0.255 e. The molecule has 5 heteroatoms. The van der Waals surface area contributed by atoms with Crippen LogP contribution in [0.5, 0.6) is 5.75 Å². The van der Waals surface area contributed by atoms with Crippen LogP contribution >= 0.6 is 0 Å². The number of anilines is 2. The van der Waals surface area contributed by atoms with Gasteiger partial charge < -0.3 is 15.8 Å². The Kier molecular flexibility index (Phi) is 4.23.